The second kappa shape index (κ2) is 7.11. The van der Waals surface area contributed by atoms with Gasteiger partial charge < -0.3 is 10.1 Å². The van der Waals surface area contributed by atoms with E-state index in [-0.39, 0.29) is 5.91 Å². The Labute approximate surface area is 131 Å². The number of rotatable bonds is 6. The van der Waals surface area contributed by atoms with Gasteiger partial charge in [0.1, 0.15) is 11.8 Å². The van der Waals surface area contributed by atoms with Crippen LogP contribution in [-0.4, -0.2) is 44.1 Å². The number of carbonyl (C=O) groups excluding carboxylic acids is 1. The Morgan fingerprint density at radius 2 is 2.23 bits per heavy atom. The Morgan fingerprint density at radius 3 is 2.91 bits per heavy atom. The zero-order chi connectivity index (χ0) is 16.2. The van der Waals surface area contributed by atoms with Gasteiger partial charge in [0.2, 0.25) is 15.9 Å². The van der Waals surface area contributed by atoms with Gasteiger partial charge >= 0.3 is 0 Å². The average Bonchev–Trinajstić information content (AvgIpc) is 2.95. The molecule has 0 unspecified atom stereocenters. The van der Waals surface area contributed by atoms with Gasteiger partial charge in [-0.15, -0.1) is 0 Å². The molecule has 7 heteroatoms. The van der Waals surface area contributed by atoms with Crippen LogP contribution in [0.5, 0.6) is 5.75 Å². The van der Waals surface area contributed by atoms with E-state index >= 15 is 0 Å². The molecule has 1 aromatic rings. The predicted octanol–water partition coefficient (Wildman–Crippen LogP) is 1.13. The molecule has 1 N–H and O–H groups in total. The summed E-state index contributed by atoms with van der Waals surface area (Å²) in [6, 6.07) is 6.89. The van der Waals surface area contributed by atoms with Crippen LogP contribution in [0.15, 0.2) is 24.3 Å². The fourth-order valence-corrected chi connectivity index (χ4v) is 3.74. The number of nitrogens with one attached hydrogen (secondary N) is 1. The Morgan fingerprint density at radius 1 is 1.45 bits per heavy atom. The van der Waals surface area contributed by atoms with Crippen molar-refractivity contribution in [3.05, 3.63) is 29.8 Å². The summed E-state index contributed by atoms with van der Waals surface area (Å²) in [6.45, 7) is 3.26. The van der Waals surface area contributed by atoms with Crippen LogP contribution in [-0.2, 0) is 21.4 Å². The summed E-state index contributed by atoms with van der Waals surface area (Å²) in [6.07, 6.45) is 2.42. The average molecular weight is 326 g/mol. The van der Waals surface area contributed by atoms with Crippen LogP contribution in [0.4, 0.5) is 0 Å². The fraction of sp³-hybridized carbons (Fsp3) is 0.533. The van der Waals surface area contributed by atoms with Crippen molar-refractivity contribution >= 4 is 15.9 Å². The molecule has 0 radical (unpaired) electrons. The summed E-state index contributed by atoms with van der Waals surface area (Å²) >= 11 is 0. The smallest absolute Gasteiger partial charge is 0.238 e. The lowest BCUT2D eigenvalue weighted by atomic mass is 10.2. The standard InChI is InChI=1S/C15H22N2O4S/c1-3-21-13-7-4-6-12(10-13)11-16-15(18)14-8-5-9-17(14)22(2,19)20/h4,6-7,10,14H,3,5,8-9,11H2,1-2H3,(H,16,18)/t14-/m0/s1. The maximum Gasteiger partial charge on any atom is 0.238 e. The van der Waals surface area contributed by atoms with E-state index in [0.29, 0.717) is 32.5 Å². The number of sulfonamides is 1. The van der Waals surface area contributed by atoms with E-state index in [2.05, 4.69) is 5.32 Å². The van der Waals surface area contributed by atoms with Crippen molar-refractivity contribution in [3.8, 4) is 5.75 Å². The summed E-state index contributed by atoms with van der Waals surface area (Å²) < 4.78 is 30.0. The third kappa shape index (κ3) is 4.20. The number of ether oxygens (including phenoxy) is 1. The van der Waals surface area contributed by atoms with Crippen LogP contribution < -0.4 is 10.1 Å². The first kappa shape index (κ1) is 16.8. The summed E-state index contributed by atoms with van der Waals surface area (Å²) in [7, 11) is -3.34. The highest BCUT2D eigenvalue weighted by Gasteiger charge is 2.36. The molecule has 0 aliphatic carbocycles. The fourth-order valence-electron chi connectivity index (χ4n) is 2.62. The van der Waals surface area contributed by atoms with Gasteiger partial charge in [0.25, 0.3) is 0 Å². The van der Waals surface area contributed by atoms with E-state index in [1.807, 2.05) is 31.2 Å². The molecule has 1 saturated heterocycles. The Hall–Kier alpha value is -1.60. The largest absolute Gasteiger partial charge is 0.494 e. The summed E-state index contributed by atoms with van der Waals surface area (Å²) in [5, 5.41) is 2.81. The maximum atomic E-state index is 12.2. The molecule has 0 saturated carbocycles. The minimum absolute atomic E-state index is 0.246. The zero-order valence-corrected chi connectivity index (χ0v) is 13.7. The second-order valence-corrected chi connectivity index (χ2v) is 7.27. The van der Waals surface area contributed by atoms with Crippen LogP contribution in [0.2, 0.25) is 0 Å². The van der Waals surface area contributed by atoms with E-state index in [1.54, 1.807) is 0 Å². The molecule has 122 valence electrons. The van der Waals surface area contributed by atoms with Gasteiger partial charge in [-0.05, 0) is 37.5 Å². The number of benzene rings is 1. The third-order valence-corrected chi connectivity index (χ3v) is 4.90. The molecule has 1 atom stereocenters. The number of nitrogens with zero attached hydrogens (tertiary/aromatic N) is 1. The molecule has 1 aromatic carbocycles. The highest BCUT2D eigenvalue weighted by Crippen LogP contribution is 2.20. The third-order valence-electron chi connectivity index (χ3n) is 3.61. The van der Waals surface area contributed by atoms with Gasteiger partial charge in [-0.25, -0.2) is 8.42 Å². The van der Waals surface area contributed by atoms with Crippen LogP contribution in [0.25, 0.3) is 0 Å². The SMILES string of the molecule is CCOc1cccc(CNC(=O)[C@@H]2CCCN2S(C)(=O)=O)c1. The van der Waals surface area contributed by atoms with E-state index in [0.717, 1.165) is 17.6 Å². The first-order valence-corrected chi connectivity index (χ1v) is 9.23. The first-order valence-electron chi connectivity index (χ1n) is 7.38. The molecule has 6 nitrogen and oxygen atoms in total. The summed E-state index contributed by atoms with van der Waals surface area (Å²) in [4.78, 5) is 12.2. The van der Waals surface area contributed by atoms with Crippen LogP contribution in [0, 0.1) is 0 Å². The van der Waals surface area contributed by atoms with Crippen molar-refractivity contribution < 1.29 is 17.9 Å². The molecule has 22 heavy (non-hydrogen) atoms. The minimum atomic E-state index is -3.34. The molecule has 1 aliphatic rings. The van der Waals surface area contributed by atoms with E-state index < -0.39 is 16.1 Å². The second-order valence-electron chi connectivity index (χ2n) is 5.33. The van der Waals surface area contributed by atoms with Crippen molar-refractivity contribution in [2.45, 2.75) is 32.4 Å². The highest BCUT2D eigenvalue weighted by molar-refractivity contribution is 7.88. The predicted molar refractivity (Wildman–Crippen MR) is 84.0 cm³/mol. The maximum absolute atomic E-state index is 12.2. The molecule has 1 aliphatic heterocycles. The minimum Gasteiger partial charge on any atom is -0.494 e. The van der Waals surface area contributed by atoms with Crippen molar-refractivity contribution in [2.75, 3.05) is 19.4 Å². The first-order chi connectivity index (χ1) is 10.4. The molecule has 1 amide bonds. The van der Waals surface area contributed by atoms with Gasteiger partial charge in [0.05, 0.1) is 12.9 Å². The van der Waals surface area contributed by atoms with Crippen molar-refractivity contribution in [3.63, 3.8) is 0 Å². The van der Waals surface area contributed by atoms with E-state index in [4.69, 9.17) is 4.74 Å². The Balaban J connectivity index is 1.96. The molecule has 1 fully saturated rings. The number of hydrogen-bond donors (Lipinski definition) is 1. The van der Waals surface area contributed by atoms with E-state index in [9.17, 15) is 13.2 Å². The number of carbonyl (C=O) groups is 1. The quantitative estimate of drug-likeness (QED) is 0.850. The highest BCUT2D eigenvalue weighted by atomic mass is 32.2. The van der Waals surface area contributed by atoms with Gasteiger partial charge in [-0.2, -0.15) is 4.31 Å². The van der Waals surface area contributed by atoms with Crippen molar-refractivity contribution in [2.24, 2.45) is 0 Å². The van der Waals surface area contributed by atoms with Gasteiger partial charge in [0.15, 0.2) is 0 Å². The molecule has 2 rings (SSSR count). The van der Waals surface area contributed by atoms with E-state index in [1.165, 1.54) is 4.31 Å². The molecular formula is C15H22N2O4S. The van der Waals surface area contributed by atoms with Crippen molar-refractivity contribution in [1.82, 2.24) is 9.62 Å². The Kier molecular flexibility index (Phi) is 5.42. The summed E-state index contributed by atoms with van der Waals surface area (Å²) in [5.74, 6) is 0.512. The monoisotopic (exact) mass is 326 g/mol. The Bertz CT molecular complexity index is 630. The molecule has 0 spiro atoms. The lowest BCUT2D eigenvalue weighted by Crippen LogP contribution is -2.45. The topological polar surface area (TPSA) is 75.7 Å². The molecule has 0 bridgehead atoms. The number of hydrogen-bond acceptors (Lipinski definition) is 4. The van der Waals surface area contributed by atoms with Crippen LogP contribution >= 0.6 is 0 Å². The lowest BCUT2D eigenvalue weighted by molar-refractivity contribution is -0.124. The van der Waals surface area contributed by atoms with Gasteiger partial charge in [0, 0.05) is 13.1 Å². The molecular weight excluding hydrogens is 304 g/mol. The van der Waals surface area contributed by atoms with Crippen molar-refractivity contribution in [1.29, 1.82) is 0 Å². The molecule has 1 heterocycles. The van der Waals surface area contributed by atoms with Crippen LogP contribution in [0.3, 0.4) is 0 Å². The van der Waals surface area contributed by atoms with Gasteiger partial charge in [-0.1, -0.05) is 12.1 Å². The molecule has 0 aromatic heterocycles. The van der Waals surface area contributed by atoms with Gasteiger partial charge in [-0.3, -0.25) is 4.79 Å². The summed E-state index contributed by atoms with van der Waals surface area (Å²) in [5.41, 5.74) is 0.920. The van der Waals surface area contributed by atoms with Crippen LogP contribution in [0.1, 0.15) is 25.3 Å². The number of amides is 1. The lowest BCUT2D eigenvalue weighted by Gasteiger charge is -2.21. The normalized spacial score (nSPS) is 19.1. The zero-order valence-electron chi connectivity index (χ0n) is 12.9.